The third kappa shape index (κ3) is 3.21. The summed E-state index contributed by atoms with van der Waals surface area (Å²) in [6.45, 7) is 0. The van der Waals surface area contributed by atoms with Gasteiger partial charge in [0, 0.05) is 10.2 Å². The van der Waals surface area contributed by atoms with Crippen molar-refractivity contribution in [3.8, 4) is 0 Å². The second-order valence-electron chi connectivity index (χ2n) is 3.96. The quantitative estimate of drug-likeness (QED) is 0.900. The highest BCUT2D eigenvalue weighted by Gasteiger charge is 2.13. The second-order valence-corrected chi connectivity index (χ2v) is 4.88. The van der Waals surface area contributed by atoms with E-state index in [1.807, 2.05) is 0 Å². The number of hydrogen-bond donors (Lipinski definition) is 2. The summed E-state index contributed by atoms with van der Waals surface area (Å²) in [4.78, 5) is 22.8. The highest BCUT2D eigenvalue weighted by Crippen LogP contribution is 2.18. The summed E-state index contributed by atoms with van der Waals surface area (Å²) in [5.41, 5.74) is 0.201. The van der Waals surface area contributed by atoms with Crippen molar-refractivity contribution in [1.29, 1.82) is 0 Å². The van der Waals surface area contributed by atoms with Gasteiger partial charge in [-0.2, -0.15) is 0 Å². The van der Waals surface area contributed by atoms with Gasteiger partial charge in [0.15, 0.2) is 0 Å². The first-order chi connectivity index (χ1) is 9.47. The fourth-order valence-corrected chi connectivity index (χ4v) is 1.96. The minimum atomic E-state index is -1.10. The Morgan fingerprint density at radius 3 is 2.60 bits per heavy atom. The average molecular weight is 338 g/mol. The lowest BCUT2D eigenvalue weighted by Crippen LogP contribution is -2.14. The third-order valence-corrected chi connectivity index (χ3v) is 3.03. The molecule has 0 radical (unpaired) electrons. The van der Waals surface area contributed by atoms with Gasteiger partial charge in [-0.1, -0.05) is 22.0 Å². The van der Waals surface area contributed by atoms with Crippen LogP contribution in [0.15, 0.2) is 46.9 Å². The van der Waals surface area contributed by atoms with Crippen molar-refractivity contribution in [2.24, 2.45) is 0 Å². The first-order valence-electron chi connectivity index (χ1n) is 5.57. The highest BCUT2D eigenvalue weighted by atomic mass is 79.9. The average Bonchev–Trinajstić information content (AvgIpc) is 2.41. The van der Waals surface area contributed by atoms with Crippen molar-refractivity contribution in [3.63, 3.8) is 0 Å². The van der Waals surface area contributed by atoms with Crippen molar-refractivity contribution >= 4 is 33.5 Å². The van der Waals surface area contributed by atoms with Crippen LogP contribution < -0.4 is 5.32 Å². The zero-order valence-electron chi connectivity index (χ0n) is 10.1. The largest absolute Gasteiger partial charge is 0.478 e. The van der Waals surface area contributed by atoms with Crippen LogP contribution in [0.25, 0.3) is 0 Å². The number of nitrogens with one attached hydrogen (secondary N) is 1. The lowest BCUT2D eigenvalue weighted by molar-refractivity contribution is 0.0696. The number of rotatable bonds is 3. The Bertz CT molecular complexity index is 688. The van der Waals surface area contributed by atoms with E-state index >= 15 is 0 Å². The maximum absolute atomic E-state index is 13.6. The van der Waals surface area contributed by atoms with Crippen molar-refractivity contribution in [2.75, 3.05) is 5.32 Å². The molecule has 0 unspecified atom stereocenters. The van der Waals surface area contributed by atoms with E-state index < -0.39 is 17.7 Å². The molecule has 0 saturated heterocycles. The minimum absolute atomic E-state index is 0.0394. The number of carbonyl (C=O) groups excluding carboxylic acids is 1. The highest BCUT2D eigenvalue weighted by molar-refractivity contribution is 9.10. The van der Waals surface area contributed by atoms with Gasteiger partial charge in [0.05, 0.1) is 11.1 Å². The van der Waals surface area contributed by atoms with E-state index in [1.54, 1.807) is 0 Å². The Kier molecular flexibility index (Phi) is 4.14. The molecule has 0 aliphatic rings. The van der Waals surface area contributed by atoms with Gasteiger partial charge in [-0.25, -0.2) is 9.18 Å². The lowest BCUT2D eigenvalue weighted by Gasteiger charge is -2.07. The molecular formula is C14H9BrFNO3. The predicted octanol–water partition coefficient (Wildman–Crippen LogP) is 3.54. The van der Waals surface area contributed by atoms with E-state index in [-0.39, 0.29) is 16.8 Å². The van der Waals surface area contributed by atoms with Crippen LogP contribution in [-0.4, -0.2) is 17.0 Å². The standard InChI is InChI=1S/C14H9BrFNO3/c15-9-4-5-12(16)11(7-9)13(18)17-10-3-1-2-8(6-10)14(19)20/h1-7H,(H,17,18)(H,19,20). The van der Waals surface area contributed by atoms with Crippen LogP contribution in [0.4, 0.5) is 10.1 Å². The molecule has 0 aliphatic heterocycles. The van der Waals surface area contributed by atoms with Gasteiger partial charge < -0.3 is 10.4 Å². The molecule has 2 aromatic rings. The summed E-state index contributed by atoms with van der Waals surface area (Å²) in [6.07, 6.45) is 0. The number of carbonyl (C=O) groups is 2. The molecule has 0 atom stereocenters. The van der Waals surface area contributed by atoms with E-state index in [2.05, 4.69) is 21.2 Å². The molecule has 0 aromatic heterocycles. The number of aromatic carboxylic acids is 1. The summed E-state index contributed by atoms with van der Waals surface area (Å²) < 4.78 is 14.1. The topological polar surface area (TPSA) is 66.4 Å². The number of carboxylic acids is 1. The Hall–Kier alpha value is -2.21. The molecule has 2 rings (SSSR count). The molecular weight excluding hydrogens is 329 g/mol. The maximum Gasteiger partial charge on any atom is 0.335 e. The summed E-state index contributed by atoms with van der Waals surface area (Å²) in [6, 6.07) is 9.74. The molecule has 2 N–H and O–H groups in total. The fourth-order valence-electron chi connectivity index (χ4n) is 1.60. The van der Waals surface area contributed by atoms with Gasteiger partial charge in [0.1, 0.15) is 5.82 Å². The van der Waals surface area contributed by atoms with Crippen molar-refractivity contribution in [2.45, 2.75) is 0 Å². The zero-order valence-corrected chi connectivity index (χ0v) is 11.6. The first kappa shape index (κ1) is 14.2. The number of carboxylic acid groups (broad SMARTS) is 1. The predicted molar refractivity (Wildman–Crippen MR) is 75.5 cm³/mol. The molecule has 0 heterocycles. The van der Waals surface area contributed by atoms with Crippen LogP contribution in [0.2, 0.25) is 0 Å². The van der Waals surface area contributed by atoms with Crippen LogP contribution in [0.1, 0.15) is 20.7 Å². The maximum atomic E-state index is 13.6. The molecule has 1 amide bonds. The molecule has 0 spiro atoms. The van der Waals surface area contributed by atoms with E-state index in [0.717, 1.165) is 0 Å². The first-order valence-corrected chi connectivity index (χ1v) is 6.36. The van der Waals surface area contributed by atoms with Crippen LogP contribution in [-0.2, 0) is 0 Å². The van der Waals surface area contributed by atoms with Crippen LogP contribution in [0.3, 0.4) is 0 Å². The molecule has 0 bridgehead atoms. The molecule has 6 heteroatoms. The Morgan fingerprint density at radius 2 is 1.90 bits per heavy atom. The number of halogens is 2. The van der Waals surface area contributed by atoms with E-state index in [4.69, 9.17) is 5.11 Å². The molecule has 0 saturated carbocycles. The van der Waals surface area contributed by atoms with Crippen LogP contribution >= 0.6 is 15.9 Å². The molecule has 4 nitrogen and oxygen atoms in total. The van der Waals surface area contributed by atoms with Gasteiger partial charge >= 0.3 is 5.97 Å². The molecule has 2 aromatic carbocycles. The van der Waals surface area contributed by atoms with Gasteiger partial charge in [-0.05, 0) is 36.4 Å². The summed E-state index contributed by atoms with van der Waals surface area (Å²) in [5, 5.41) is 11.3. The summed E-state index contributed by atoms with van der Waals surface area (Å²) >= 11 is 3.16. The minimum Gasteiger partial charge on any atom is -0.478 e. The lowest BCUT2D eigenvalue weighted by atomic mass is 10.1. The number of benzene rings is 2. The van der Waals surface area contributed by atoms with Crippen LogP contribution in [0, 0.1) is 5.82 Å². The van der Waals surface area contributed by atoms with Crippen molar-refractivity contribution in [1.82, 2.24) is 0 Å². The number of anilines is 1. The van der Waals surface area contributed by atoms with Gasteiger partial charge in [-0.3, -0.25) is 4.79 Å². The van der Waals surface area contributed by atoms with Crippen LogP contribution in [0.5, 0.6) is 0 Å². The van der Waals surface area contributed by atoms with Crippen molar-refractivity contribution < 1.29 is 19.1 Å². The number of hydrogen-bond acceptors (Lipinski definition) is 2. The Labute approximate surface area is 122 Å². The Balaban J connectivity index is 2.25. The summed E-state index contributed by atoms with van der Waals surface area (Å²) in [7, 11) is 0. The molecule has 102 valence electrons. The smallest absolute Gasteiger partial charge is 0.335 e. The molecule has 20 heavy (non-hydrogen) atoms. The normalized spacial score (nSPS) is 10.1. The fraction of sp³-hybridized carbons (Fsp3) is 0. The van der Waals surface area contributed by atoms with E-state index in [9.17, 15) is 14.0 Å². The third-order valence-electron chi connectivity index (χ3n) is 2.54. The van der Waals surface area contributed by atoms with Gasteiger partial charge in [0.2, 0.25) is 0 Å². The number of amides is 1. The zero-order chi connectivity index (χ0) is 14.7. The van der Waals surface area contributed by atoms with Gasteiger partial charge in [-0.15, -0.1) is 0 Å². The van der Waals surface area contributed by atoms with Crippen molar-refractivity contribution in [3.05, 3.63) is 63.9 Å². The SMILES string of the molecule is O=C(O)c1cccc(NC(=O)c2cc(Br)ccc2F)c1. The second kappa shape index (κ2) is 5.83. The van der Waals surface area contributed by atoms with Gasteiger partial charge in [0.25, 0.3) is 5.91 Å². The van der Waals surface area contributed by atoms with E-state index in [1.165, 1.54) is 42.5 Å². The Morgan fingerprint density at radius 1 is 1.15 bits per heavy atom. The molecule has 0 aliphatic carbocycles. The van der Waals surface area contributed by atoms with E-state index in [0.29, 0.717) is 4.47 Å². The summed E-state index contributed by atoms with van der Waals surface area (Å²) in [5.74, 6) is -2.40. The molecule has 0 fully saturated rings. The monoisotopic (exact) mass is 337 g/mol.